The largest absolute Gasteiger partial charge is 0.481 e. The van der Waals surface area contributed by atoms with Gasteiger partial charge in [-0.1, -0.05) is 51.9 Å². The molecule has 0 saturated carbocycles. The zero-order chi connectivity index (χ0) is 18.4. The van der Waals surface area contributed by atoms with Crippen molar-refractivity contribution < 1.29 is 29.7 Å². The van der Waals surface area contributed by atoms with E-state index in [1.54, 1.807) is 0 Å². The number of aliphatic hydroxyl groups excluding tert-OH is 1. The normalized spacial score (nSPS) is 13.2. The van der Waals surface area contributed by atoms with E-state index in [1.165, 1.54) is 25.7 Å². The van der Waals surface area contributed by atoms with Crippen molar-refractivity contribution in [1.82, 2.24) is 5.32 Å². The molecule has 140 valence electrons. The number of aliphatic carboxylic acids is 2. The number of nitrogens with one attached hydrogen (secondary N) is 1. The highest BCUT2D eigenvalue weighted by atomic mass is 16.4. The van der Waals surface area contributed by atoms with Crippen molar-refractivity contribution in [2.75, 3.05) is 0 Å². The van der Waals surface area contributed by atoms with Gasteiger partial charge in [-0.2, -0.15) is 0 Å². The highest BCUT2D eigenvalue weighted by Gasteiger charge is 2.22. The molecule has 0 aliphatic carbocycles. The van der Waals surface area contributed by atoms with Crippen LogP contribution in [-0.2, 0) is 14.4 Å². The van der Waals surface area contributed by atoms with E-state index >= 15 is 0 Å². The van der Waals surface area contributed by atoms with E-state index in [1.807, 2.05) is 0 Å². The maximum Gasteiger partial charge on any atom is 0.326 e. The van der Waals surface area contributed by atoms with Gasteiger partial charge < -0.3 is 20.6 Å². The molecule has 2 atom stereocenters. The maximum absolute atomic E-state index is 11.7. The van der Waals surface area contributed by atoms with Crippen molar-refractivity contribution in [3.05, 3.63) is 0 Å². The molecular weight excluding hydrogens is 314 g/mol. The van der Waals surface area contributed by atoms with Gasteiger partial charge in [-0.25, -0.2) is 4.79 Å². The summed E-state index contributed by atoms with van der Waals surface area (Å²) in [7, 11) is 0. The lowest BCUT2D eigenvalue weighted by atomic mass is 10.0. The molecule has 0 spiro atoms. The van der Waals surface area contributed by atoms with Crippen LogP contribution in [0.25, 0.3) is 0 Å². The SMILES string of the molecule is CCCCCCCCCC(O)CC(=O)N[C@@H](CCC(=O)O)C(=O)O. The molecule has 7 heteroatoms. The Morgan fingerprint density at radius 3 is 2.04 bits per heavy atom. The van der Waals surface area contributed by atoms with Crippen LogP contribution in [0.5, 0.6) is 0 Å². The van der Waals surface area contributed by atoms with Gasteiger partial charge in [0.05, 0.1) is 12.5 Å². The molecule has 0 bridgehead atoms. The van der Waals surface area contributed by atoms with Crippen molar-refractivity contribution in [1.29, 1.82) is 0 Å². The second kappa shape index (κ2) is 13.8. The van der Waals surface area contributed by atoms with Crippen LogP contribution < -0.4 is 5.32 Å². The molecule has 0 fully saturated rings. The second-order valence-electron chi connectivity index (χ2n) is 6.16. The van der Waals surface area contributed by atoms with Gasteiger partial charge in [0.2, 0.25) is 5.91 Å². The second-order valence-corrected chi connectivity index (χ2v) is 6.16. The summed E-state index contributed by atoms with van der Waals surface area (Å²) in [5.74, 6) is -2.95. The molecule has 1 unspecified atom stereocenters. The number of unbranched alkanes of at least 4 members (excludes halogenated alkanes) is 6. The van der Waals surface area contributed by atoms with Crippen LogP contribution in [-0.4, -0.2) is 45.3 Å². The number of hydrogen-bond donors (Lipinski definition) is 4. The summed E-state index contributed by atoms with van der Waals surface area (Å²) in [6.45, 7) is 2.16. The molecule has 1 amide bonds. The lowest BCUT2D eigenvalue weighted by Gasteiger charge is -2.15. The van der Waals surface area contributed by atoms with Gasteiger partial charge in [-0.3, -0.25) is 9.59 Å². The van der Waals surface area contributed by atoms with Gasteiger partial charge in [0.1, 0.15) is 6.04 Å². The van der Waals surface area contributed by atoms with E-state index in [9.17, 15) is 19.5 Å². The van der Waals surface area contributed by atoms with Crippen LogP contribution in [0.15, 0.2) is 0 Å². The number of amides is 1. The van der Waals surface area contributed by atoms with Gasteiger partial charge in [-0.05, 0) is 12.8 Å². The van der Waals surface area contributed by atoms with Gasteiger partial charge in [0, 0.05) is 6.42 Å². The molecular formula is C17H31NO6. The number of hydrogen-bond acceptors (Lipinski definition) is 4. The van der Waals surface area contributed by atoms with Gasteiger partial charge >= 0.3 is 11.9 Å². The number of carboxylic acids is 2. The van der Waals surface area contributed by atoms with Crippen LogP contribution >= 0.6 is 0 Å². The van der Waals surface area contributed by atoms with Gasteiger partial charge in [-0.15, -0.1) is 0 Å². The number of carbonyl (C=O) groups is 3. The van der Waals surface area contributed by atoms with Crippen LogP contribution in [0.4, 0.5) is 0 Å². The highest BCUT2D eigenvalue weighted by Crippen LogP contribution is 2.11. The monoisotopic (exact) mass is 345 g/mol. The number of carbonyl (C=O) groups excluding carboxylic acids is 1. The predicted molar refractivity (Wildman–Crippen MR) is 89.7 cm³/mol. The van der Waals surface area contributed by atoms with E-state index < -0.39 is 30.0 Å². The minimum Gasteiger partial charge on any atom is -0.481 e. The first-order valence-corrected chi connectivity index (χ1v) is 8.78. The highest BCUT2D eigenvalue weighted by molar-refractivity contribution is 5.84. The van der Waals surface area contributed by atoms with Gasteiger partial charge in [0.15, 0.2) is 0 Å². The quantitative estimate of drug-likeness (QED) is 0.338. The van der Waals surface area contributed by atoms with Crippen LogP contribution in [0.3, 0.4) is 0 Å². The summed E-state index contributed by atoms with van der Waals surface area (Å²) >= 11 is 0. The Morgan fingerprint density at radius 2 is 1.50 bits per heavy atom. The van der Waals surface area contributed by atoms with Crippen LogP contribution in [0.1, 0.15) is 77.6 Å². The summed E-state index contributed by atoms with van der Waals surface area (Å²) in [6, 6.07) is -1.24. The third kappa shape index (κ3) is 12.9. The van der Waals surface area contributed by atoms with Crippen molar-refractivity contribution in [3.63, 3.8) is 0 Å². The molecule has 0 aromatic carbocycles. The summed E-state index contributed by atoms with van der Waals surface area (Å²) in [5, 5.41) is 29.6. The summed E-state index contributed by atoms with van der Waals surface area (Å²) < 4.78 is 0. The van der Waals surface area contributed by atoms with Crippen LogP contribution in [0.2, 0.25) is 0 Å². The molecule has 0 aromatic heterocycles. The fourth-order valence-corrected chi connectivity index (χ4v) is 2.43. The predicted octanol–water partition coefficient (Wildman–Crippen LogP) is 2.31. The minimum atomic E-state index is -1.27. The summed E-state index contributed by atoms with van der Waals surface area (Å²) in [5.41, 5.74) is 0. The first-order valence-electron chi connectivity index (χ1n) is 8.78. The summed E-state index contributed by atoms with van der Waals surface area (Å²) in [4.78, 5) is 33.2. The molecule has 0 saturated heterocycles. The topological polar surface area (TPSA) is 124 Å². The molecule has 0 heterocycles. The van der Waals surface area contributed by atoms with E-state index in [0.717, 1.165) is 19.3 Å². The summed E-state index contributed by atoms with van der Waals surface area (Å²) in [6.07, 6.45) is 6.88. The molecule has 24 heavy (non-hydrogen) atoms. The number of carboxylic acid groups (broad SMARTS) is 2. The molecule has 7 nitrogen and oxygen atoms in total. The Balaban J connectivity index is 3.90. The fraction of sp³-hybridized carbons (Fsp3) is 0.824. The van der Waals surface area contributed by atoms with Crippen LogP contribution in [0, 0.1) is 0 Å². The van der Waals surface area contributed by atoms with Gasteiger partial charge in [0.25, 0.3) is 0 Å². The fourth-order valence-electron chi connectivity index (χ4n) is 2.43. The lowest BCUT2D eigenvalue weighted by Crippen LogP contribution is -2.42. The smallest absolute Gasteiger partial charge is 0.326 e. The molecule has 0 rings (SSSR count). The molecule has 4 N–H and O–H groups in total. The lowest BCUT2D eigenvalue weighted by molar-refractivity contribution is -0.143. The van der Waals surface area contributed by atoms with E-state index in [-0.39, 0.29) is 19.3 Å². The first kappa shape index (κ1) is 22.4. The van der Waals surface area contributed by atoms with E-state index in [2.05, 4.69) is 12.2 Å². The average molecular weight is 345 g/mol. The molecule has 0 aliphatic heterocycles. The molecule has 0 aromatic rings. The van der Waals surface area contributed by atoms with E-state index in [0.29, 0.717) is 6.42 Å². The van der Waals surface area contributed by atoms with Crippen molar-refractivity contribution in [2.24, 2.45) is 0 Å². The molecule has 0 aliphatic rings. The number of aliphatic hydroxyl groups is 1. The minimum absolute atomic E-state index is 0.160. The van der Waals surface area contributed by atoms with Crippen molar-refractivity contribution in [3.8, 4) is 0 Å². The zero-order valence-corrected chi connectivity index (χ0v) is 14.5. The Kier molecular flexibility index (Phi) is 12.8. The Hall–Kier alpha value is -1.63. The number of rotatable bonds is 15. The standard InChI is InChI=1S/C17H31NO6/c1-2-3-4-5-6-7-8-9-13(19)12-15(20)18-14(17(23)24)10-11-16(21)22/h13-14,19H,2-12H2,1H3,(H,18,20)(H,21,22)(H,23,24)/t13?,14-/m0/s1. The third-order valence-corrected chi connectivity index (χ3v) is 3.84. The Labute approximate surface area is 143 Å². The van der Waals surface area contributed by atoms with Crippen molar-refractivity contribution >= 4 is 17.8 Å². The first-order chi connectivity index (χ1) is 11.4. The van der Waals surface area contributed by atoms with E-state index in [4.69, 9.17) is 10.2 Å². The Morgan fingerprint density at radius 1 is 0.917 bits per heavy atom. The third-order valence-electron chi connectivity index (χ3n) is 3.84. The maximum atomic E-state index is 11.7. The van der Waals surface area contributed by atoms with Crippen molar-refractivity contribution in [2.45, 2.75) is 89.7 Å². The zero-order valence-electron chi connectivity index (χ0n) is 14.5. The Bertz CT molecular complexity index is 385. The molecule has 0 radical (unpaired) electrons. The average Bonchev–Trinajstić information content (AvgIpc) is 2.50.